The molecule has 1 N–H and O–H groups in total. The minimum atomic E-state index is -0.807. The van der Waals surface area contributed by atoms with Crippen LogP contribution in [0.4, 0.5) is 0 Å². The molecule has 48 valence electrons. The van der Waals surface area contributed by atoms with Crippen LogP contribution in [-0.4, -0.2) is 32.0 Å². The van der Waals surface area contributed by atoms with E-state index in [1.54, 1.807) is 12.2 Å². The van der Waals surface area contributed by atoms with E-state index in [-0.39, 0.29) is 20.9 Å². The Balaban J connectivity index is 2.69. The summed E-state index contributed by atoms with van der Waals surface area (Å²) in [6, 6.07) is 0. The van der Waals surface area contributed by atoms with E-state index >= 15 is 0 Å². The molecule has 0 aliphatic carbocycles. The number of aliphatic carboxylic acids is 1. The zero-order chi connectivity index (χ0) is 6.69. The molecule has 0 atom stereocenters. The van der Waals surface area contributed by atoms with Gasteiger partial charge in [-0.25, -0.2) is 0 Å². The number of allylic oxidation sites excluding steroid dienone is 1. The SMILES string of the molecule is O=C(O)C1=CC[Te]C=C1. The fraction of sp³-hybridized carbons (Fsp3) is 0.167. The van der Waals surface area contributed by atoms with Gasteiger partial charge in [-0.15, -0.1) is 0 Å². The Bertz CT molecular complexity index is 181. The monoisotopic (exact) mass is 240 g/mol. The summed E-state index contributed by atoms with van der Waals surface area (Å²) in [5.74, 6) is -0.807. The predicted molar refractivity (Wildman–Crippen MR) is 35.4 cm³/mol. The number of rotatable bonds is 1. The van der Waals surface area contributed by atoms with Gasteiger partial charge in [-0.3, -0.25) is 0 Å². The molecular formula is C6H6O2Te. The van der Waals surface area contributed by atoms with E-state index in [0.29, 0.717) is 5.57 Å². The molecule has 0 aromatic heterocycles. The molecule has 0 aromatic carbocycles. The van der Waals surface area contributed by atoms with Gasteiger partial charge in [0.1, 0.15) is 0 Å². The van der Waals surface area contributed by atoms with Crippen LogP contribution >= 0.6 is 0 Å². The van der Waals surface area contributed by atoms with Gasteiger partial charge >= 0.3 is 63.1 Å². The summed E-state index contributed by atoms with van der Waals surface area (Å²) in [5.41, 5.74) is 0.450. The number of hydrogen-bond donors (Lipinski definition) is 1. The van der Waals surface area contributed by atoms with E-state index in [9.17, 15) is 4.79 Å². The van der Waals surface area contributed by atoms with Gasteiger partial charge < -0.3 is 0 Å². The van der Waals surface area contributed by atoms with Crippen molar-refractivity contribution in [3.8, 4) is 0 Å². The van der Waals surface area contributed by atoms with Crippen molar-refractivity contribution in [3.63, 3.8) is 0 Å². The molecule has 0 saturated heterocycles. The van der Waals surface area contributed by atoms with Gasteiger partial charge in [0.15, 0.2) is 0 Å². The second-order valence-electron chi connectivity index (χ2n) is 1.60. The average Bonchev–Trinajstić information content (AvgIpc) is 1.90. The molecule has 2 nitrogen and oxygen atoms in total. The zero-order valence-electron chi connectivity index (χ0n) is 4.70. The van der Waals surface area contributed by atoms with E-state index in [4.69, 9.17) is 5.11 Å². The van der Waals surface area contributed by atoms with Gasteiger partial charge in [-0.05, 0) is 0 Å². The first kappa shape index (κ1) is 6.85. The molecule has 1 heterocycles. The Hall–Kier alpha value is -0.260. The first-order valence-electron chi connectivity index (χ1n) is 2.52. The van der Waals surface area contributed by atoms with Crippen LogP contribution in [0.25, 0.3) is 0 Å². The second-order valence-corrected chi connectivity index (χ2v) is 4.28. The van der Waals surface area contributed by atoms with E-state index in [1.165, 1.54) is 0 Å². The number of hydrogen-bond acceptors (Lipinski definition) is 1. The van der Waals surface area contributed by atoms with Crippen molar-refractivity contribution in [1.29, 1.82) is 0 Å². The Kier molecular flexibility index (Phi) is 2.32. The summed E-state index contributed by atoms with van der Waals surface area (Å²) in [6.45, 7) is 0. The fourth-order valence-corrected chi connectivity index (χ4v) is 2.34. The molecule has 9 heavy (non-hydrogen) atoms. The summed E-state index contributed by atoms with van der Waals surface area (Å²) in [6.07, 6.45) is 3.50. The van der Waals surface area contributed by atoms with Crippen molar-refractivity contribution in [3.05, 3.63) is 21.8 Å². The molecule has 1 aliphatic rings. The number of carboxylic acid groups (broad SMARTS) is 1. The van der Waals surface area contributed by atoms with Gasteiger partial charge in [-0.1, -0.05) is 0 Å². The third kappa shape index (κ3) is 1.85. The van der Waals surface area contributed by atoms with Crippen LogP contribution < -0.4 is 0 Å². The first-order valence-corrected chi connectivity index (χ1v) is 5.51. The average molecular weight is 238 g/mol. The molecule has 3 heteroatoms. The minimum absolute atomic E-state index is 0.00872. The molecular weight excluding hydrogens is 232 g/mol. The van der Waals surface area contributed by atoms with E-state index < -0.39 is 5.97 Å². The Morgan fingerprint density at radius 2 is 2.56 bits per heavy atom. The van der Waals surface area contributed by atoms with Crippen LogP contribution in [0.3, 0.4) is 0 Å². The quantitative estimate of drug-likeness (QED) is 0.680. The standard InChI is InChI=1S/C6H6O2Te/c7-6(8)5-1-3-9-4-2-5/h1-3H,4H2,(H,7,8). The van der Waals surface area contributed by atoms with Gasteiger partial charge in [0.05, 0.1) is 0 Å². The van der Waals surface area contributed by atoms with E-state index in [1.807, 2.05) is 4.12 Å². The van der Waals surface area contributed by atoms with Crippen molar-refractivity contribution in [2.45, 2.75) is 4.47 Å². The van der Waals surface area contributed by atoms with Crippen LogP contribution in [0.15, 0.2) is 21.8 Å². The van der Waals surface area contributed by atoms with Crippen LogP contribution in [0.5, 0.6) is 0 Å². The molecule has 0 bridgehead atoms. The van der Waals surface area contributed by atoms with Gasteiger partial charge in [0, 0.05) is 0 Å². The Labute approximate surface area is 63.3 Å². The summed E-state index contributed by atoms with van der Waals surface area (Å²) < 4.78 is 3.00. The molecule has 0 spiro atoms. The van der Waals surface area contributed by atoms with E-state index in [0.717, 1.165) is 4.47 Å². The molecule has 1 aliphatic heterocycles. The molecule has 0 amide bonds. The Morgan fingerprint density at radius 3 is 2.89 bits per heavy atom. The molecule has 0 saturated carbocycles. The maximum absolute atomic E-state index is 10.2. The normalized spacial score (nSPS) is 17.1. The second kappa shape index (κ2) is 3.05. The van der Waals surface area contributed by atoms with Crippen LogP contribution in [0, 0.1) is 0 Å². The van der Waals surface area contributed by atoms with Crippen LogP contribution in [-0.2, 0) is 4.79 Å². The predicted octanol–water partition coefficient (Wildman–Crippen LogP) is 0.647. The summed E-state index contributed by atoms with van der Waals surface area (Å²) in [5, 5.41) is 8.43. The summed E-state index contributed by atoms with van der Waals surface area (Å²) >= 11 is -0.00872. The third-order valence-electron chi connectivity index (χ3n) is 0.990. The van der Waals surface area contributed by atoms with Crippen molar-refractivity contribution in [2.24, 2.45) is 0 Å². The summed E-state index contributed by atoms with van der Waals surface area (Å²) in [4.78, 5) is 10.2. The van der Waals surface area contributed by atoms with Crippen molar-refractivity contribution in [1.82, 2.24) is 0 Å². The molecule has 0 aromatic rings. The van der Waals surface area contributed by atoms with E-state index in [2.05, 4.69) is 0 Å². The van der Waals surface area contributed by atoms with Crippen molar-refractivity contribution in [2.75, 3.05) is 0 Å². The molecule has 1 rings (SSSR count). The van der Waals surface area contributed by atoms with Gasteiger partial charge in [0.25, 0.3) is 0 Å². The van der Waals surface area contributed by atoms with Crippen molar-refractivity contribution < 1.29 is 9.90 Å². The number of carboxylic acids is 1. The topological polar surface area (TPSA) is 37.3 Å². The molecule has 0 unspecified atom stereocenters. The van der Waals surface area contributed by atoms with Crippen molar-refractivity contribution >= 4 is 26.9 Å². The fourth-order valence-electron chi connectivity index (χ4n) is 0.542. The zero-order valence-corrected chi connectivity index (χ0v) is 7.03. The third-order valence-corrected chi connectivity index (χ3v) is 2.95. The Morgan fingerprint density at radius 1 is 1.78 bits per heavy atom. The van der Waals surface area contributed by atoms with Crippen LogP contribution in [0.1, 0.15) is 0 Å². The van der Waals surface area contributed by atoms with Gasteiger partial charge in [0.2, 0.25) is 0 Å². The maximum atomic E-state index is 10.2. The number of carbonyl (C=O) groups is 1. The first-order chi connectivity index (χ1) is 4.30. The van der Waals surface area contributed by atoms with Gasteiger partial charge in [-0.2, -0.15) is 0 Å². The molecule has 0 radical (unpaired) electrons. The summed E-state index contributed by atoms with van der Waals surface area (Å²) in [7, 11) is 0. The molecule has 0 fully saturated rings. The van der Waals surface area contributed by atoms with Crippen LogP contribution in [0.2, 0.25) is 4.47 Å².